The van der Waals surface area contributed by atoms with Crippen LogP contribution in [0.4, 0.5) is 5.82 Å². The third kappa shape index (κ3) is 2.24. The lowest BCUT2D eigenvalue weighted by Crippen LogP contribution is -2.41. The molecule has 6 heteroatoms. The molecule has 20 heavy (non-hydrogen) atoms. The Morgan fingerprint density at radius 3 is 2.85 bits per heavy atom. The number of anilines is 1. The van der Waals surface area contributed by atoms with E-state index in [-0.39, 0.29) is 11.9 Å². The van der Waals surface area contributed by atoms with Gasteiger partial charge in [0.1, 0.15) is 0 Å². The highest BCUT2D eigenvalue weighted by molar-refractivity contribution is 6.40. The zero-order valence-corrected chi connectivity index (χ0v) is 11.1. The van der Waals surface area contributed by atoms with Crippen LogP contribution in [0.25, 0.3) is 11.0 Å². The Morgan fingerprint density at radius 1 is 1.40 bits per heavy atom. The minimum atomic E-state index is -0.669. The van der Waals surface area contributed by atoms with E-state index in [0.29, 0.717) is 17.5 Å². The highest BCUT2D eigenvalue weighted by Crippen LogP contribution is 2.27. The number of para-hydroxylation sites is 1. The first kappa shape index (κ1) is 12.7. The molecule has 2 amide bonds. The molecule has 1 aromatic heterocycles. The van der Waals surface area contributed by atoms with Crippen LogP contribution in [0.15, 0.2) is 28.8 Å². The summed E-state index contributed by atoms with van der Waals surface area (Å²) in [7, 11) is 0. The van der Waals surface area contributed by atoms with E-state index in [2.05, 4.69) is 10.5 Å². The monoisotopic (exact) mass is 273 g/mol. The Labute approximate surface area is 115 Å². The van der Waals surface area contributed by atoms with E-state index >= 15 is 0 Å². The summed E-state index contributed by atoms with van der Waals surface area (Å²) in [6, 6.07) is 7.38. The Balaban J connectivity index is 1.76. The van der Waals surface area contributed by atoms with Crippen molar-refractivity contribution in [3.63, 3.8) is 0 Å². The number of carbonyl (C=O) groups is 2. The van der Waals surface area contributed by atoms with E-state index in [0.717, 1.165) is 12.8 Å². The summed E-state index contributed by atoms with van der Waals surface area (Å²) >= 11 is 0. The predicted octanol–water partition coefficient (Wildman–Crippen LogP) is 1.78. The minimum absolute atomic E-state index is 0.215. The number of fused-ring (bicyclic) bond motifs is 1. The molecular weight excluding hydrogens is 258 g/mol. The average Bonchev–Trinajstić information content (AvgIpc) is 3.22. The number of hydrogen-bond donors (Lipinski definition) is 1. The van der Waals surface area contributed by atoms with Crippen molar-refractivity contribution >= 4 is 28.6 Å². The topological polar surface area (TPSA) is 75.4 Å². The molecule has 6 nitrogen and oxygen atoms in total. The molecular formula is C14H15N3O3. The summed E-state index contributed by atoms with van der Waals surface area (Å²) in [5, 5.41) is 7.00. The fourth-order valence-electron chi connectivity index (χ4n) is 2.22. The number of likely N-dealkylation sites (N-methyl/N-ethyl adjacent to an activating group) is 1. The fraction of sp³-hybridized carbons (Fsp3) is 0.357. The van der Waals surface area contributed by atoms with Gasteiger partial charge in [0, 0.05) is 12.6 Å². The van der Waals surface area contributed by atoms with Crippen LogP contribution in [0.5, 0.6) is 0 Å². The summed E-state index contributed by atoms with van der Waals surface area (Å²) in [5.41, 5.74) is 0.574. The first-order chi connectivity index (χ1) is 9.70. The molecule has 2 aromatic rings. The predicted molar refractivity (Wildman–Crippen MR) is 73.0 cm³/mol. The quantitative estimate of drug-likeness (QED) is 0.865. The van der Waals surface area contributed by atoms with Gasteiger partial charge in [0.2, 0.25) is 0 Å². The van der Waals surface area contributed by atoms with Gasteiger partial charge in [-0.25, -0.2) is 0 Å². The minimum Gasteiger partial charge on any atom is -0.354 e. The molecule has 1 aliphatic carbocycles. The standard InChI is InChI=1S/C14H15N3O3/c1-2-17(9-7-8-9)14(19)13(18)15-12-10-5-3-4-6-11(10)20-16-12/h3-6,9H,2,7-8H2,1H3,(H,15,16,18). The van der Waals surface area contributed by atoms with Gasteiger partial charge in [-0.05, 0) is 31.9 Å². The van der Waals surface area contributed by atoms with Gasteiger partial charge in [0.25, 0.3) is 0 Å². The normalized spacial score (nSPS) is 14.2. The van der Waals surface area contributed by atoms with Crippen molar-refractivity contribution in [3.05, 3.63) is 24.3 Å². The number of carbonyl (C=O) groups excluding carboxylic acids is 2. The van der Waals surface area contributed by atoms with Crippen molar-refractivity contribution in [3.8, 4) is 0 Å². The second kappa shape index (κ2) is 4.96. The molecule has 0 spiro atoms. The summed E-state index contributed by atoms with van der Waals surface area (Å²) in [6.07, 6.45) is 1.94. The molecule has 1 heterocycles. The molecule has 0 aliphatic heterocycles. The molecule has 104 valence electrons. The highest BCUT2D eigenvalue weighted by Gasteiger charge is 2.34. The number of hydrogen-bond acceptors (Lipinski definition) is 4. The van der Waals surface area contributed by atoms with Crippen molar-refractivity contribution in [2.45, 2.75) is 25.8 Å². The molecule has 0 radical (unpaired) electrons. The molecule has 1 aromatic carbocycles. The van der Waals surface area contributed by atoms with Gasteiger partial charge in [0.15, 0.2) is 11.4 Å². The lowest BCUT2D eigenvalue weighted by molar-refractivity contribution is -0.143. The number of amides is 2. The van der Waals surface area contributed by atoms with Crippen LogP contribution >= 0.6 is 0 Å². The van der Waals surface area contributed by atoms with E-state index in [9.17, 15) is 9.59 Å². The lowest BCUT2D eigenvalue weighted by atomic mass is 10.2. The Hall–Kier alpha value is -2.37. The van der Waals surface area contributed by atoms with Crippen LogP contribution in [0.3, 0.4) is 0 Å². The van der Waals surface area contributed by atoms with Crippen molar-refractivity contribution in [2.24, 2.45) is 0 Å². The Bertz CT molecular complexity index is 660. The first-order valence-electron chi connectivity index (χ1n) is 6.67. The summed E-state index contributed by atoms with van der Waals surface area (Å²) in [4.78, 5) is 25.7. The Morgan fingerprint density at radius 2 is 2.15 bits per heavy atom. The molecule has 1 aliphatic rings. The average molecular weight is 273 g/mol. The van der Waals surface area contributed by atoms with Gasteiger partial charge in [-0.2, -0.15) is 0 Å². The maximum Gasteiger partial charge on any atom is 0.315 e. The van der Waals surface area contributed by atoms with Crippen molar-refractivity contribution in [2.75, 3.05) is 11.9 Å². The number of nitrogens with one attached hydrogen (secondary N) is 1. The lowest BCUT2D eigenvalue weighted by Gasteiger charge is -2.18. The maximum atomic E-state index is 12.1. The summed E-state index contributed by atoms with van der Waals surface area (Å²) < 4.78 is 5.09. The molecule has 0 unspecified atom stereocenters. The third-order valence-corrected chi connectivity index (χ3v) is 3.39. The second-order valence-electron chi connectivity index (χ2n) is 4.80. The largest absolute Gasteiger partial charge is 0.354 e. The molecule has 1 fully saturated rings. The number of aromatic nitrogens is 1. The van der Waals surface area contributed by atoms with Gasteiger partial charge in [0.05, 0.1) is 5.39 Å². The van der Waals surface area contributed by atoms with Crippen molar-refractivity contribution in [1.29, 1.82) is 0 Å². The van der Waals surface area contributed by atoms with Crippen LogP contribution in [-0.4, -0.2) is 34.5 Å². The van der Waals surface area contributed by atoms with Crippen LogP contribution in [0.2, 0.25) is 0 Å². The van der Waals surface area contributed by atoms with E-state index in [1.807, 2.05) is 19.1 Å². The number of benzene rings is 1. The van der Waals surface area contributed by atoms with Gasteiger partial charge >= 0.3 is 11.8 Å². The van der Waals surface area contributed by atoms with E-state index in [1.54, 1.807) is 17.0 Å². The van der Waals surface area contributed by atoms with E-state index in [1.165, 1.54) is 0 Å². The van der Waals surface area contributed by atoms with Gasteiger partial charge in [-0.15, -0.1) is 0 Å². The van der Waals surface area contributed by atoms with Gasteiger partial charge < -0.3 is 9.42 Å². The first-order valence-corrected chi connectivity index (χ1v) is 6.67. The van der Waals surface area contributed by atoms with Gasteiger partial charge in [-0.3, -0.25) is 14.9 Å². The van der Waals surface area contributed by atoms with E-state index in [4.69, 9.17) is 4.52 Å². The molecule has 3 rings (SSSR count). The highest BCUT2D eigenvalue weighted by atomic mass is 16.5. The van der Waals surface area contributed by atoms with E-state index < -0.39 is 11.8 Å². The van der Waals surface area contributed by atoms with Gasteiger partial charge in [-0.1, -0.05) is 17.3 Å². The van der Waals surface area contributed by atoms with Crippen LogP contribution in [-0.2, 0) is 9.59 Å². The smallest absolute Gasteiger partial charge is 0.315 e. The number of rotatable bonds is 3. The zero-order valence-electron chi connectivity index (χ0n) is 11.1. The van der Waals surface area contributed by atoms with Crippen LogP contribution in [0.1, 0.15) is 19.8 Å². The molecule has 0 bridgehead atoms. The van der Waals surface area contributed by atoms with Crippen molar-refractivity contribution < 1.29 is 14.1 Å². The number of nitrogens with zero attached hydrogens (tertiary/aromatic N) is 2. The Kier molecular flexibility index (Phi) is 3.14. The fourth-order valence-corrected chi connectivity index (χ4v) is 2.22. The van der Waals surface area contributed by atoms with Crippen LogP contribution < -0.4 is 5.32 Å². The molecule has 0 atom stereocenters. The summed E-state index contributed by atoms with van der Waals surface area (Å²) in [6.45, 7) is 2.41. The molecule has 1 N–H and O–H groups in total. The third-order valence-electron chi connectivity index (χ3n) is 3.39. The SMILES string of the molecule is CCN(C(=O)C(=O)Nc1noc2ccccc12)C1CC1. The summed E-state index contributed by atoms with van der Waals surface area (Å²) in [5.74, 6) is -0.898. The zero-order chi connectivity index (χ0) is 14.1. The maximum absolute atomic E-state index is 12.1. The molecule has 1 saturated carbocycles. The van der Waals surface area contributed by atoms with Crippen LogP contribution in [0, 0.1) is 0 Å². The second-order valence-corrected chi connectivity index (χ2v) is 4.80. The van der Waals surface area contributed by atoms with Crippen molar-refractivity contribution in [1.82, 2.24) is 10.1 Å². The molecule has 0 saturated heterocycles.